The Kier molecular flexibility index (Phi) is 3.98. The van der Waals surface area contributed by atoms with Crippen LogP contribution in [-0.2, 0) is 0 Å². The number of H-pyrrole nitrogens is 1. The van der Waals surface area contributed by atoms with E-state index in [1.807, 2.05) is 6.92 Å². The van der Waals surface area contributed by atoms with Gasteiger partial charge in [-0.25, -0.2) is 9.97 Å². The summed E-state index contributed by atoms with van der Waals surface area (Å²) in [5.74, 6) is 1.22. The van der Waals surface area contributed by atoms with Crippen molar-refractivity contribution in [2.24, 2.45) is 5.73 Å². The van der Waals surface area contributed by atoms with Crippen molar-refractivity contribution < 1.29 is 4.79 Å². The van der Waals surface area contributed by atoms with Gasteiger partial charge in [-0.05, 0) is 25.8 Å². The smallest absolute Gasteiger partial charge is 0.269 e. The third kappa shape index (κ3) is 3.04. The Morgan fingerprint density at radius 1 is 1.45 bits per heavy atom. The highest BCUT2D eigenvalue weighted by atomic mass is 35.5. The summed E-state index contributed by atoms with van der Waals surface area (Å²) in [4.78, 5) is 21.9. The van der Waals surface area contributed by atoms with Crippen LogP contribution < -0.4 is 10.6 Å². The Morgan fingerprint density at radius 3 is 2.95 bits per heavy atom. The third-order valence-electron chi connectivity index (χ3n) is 3.83. The van der Waals surface area contributed by atoms with E-state index in [1.54, 1.807) is 12.1 Å². The van der Waals surface area contributed by atoms with Gasteiger partial charge in [-0.1, -0.05) is 11.6 Å². The van der Waals surface area contributed by atoms with Crippen molar-refractivity contribution in [1.29, 1.82) is 0 Å². The number of rotatable bonds is 3. The fourth-order valence-corrected chi connectivity index (χ4v) is 3.01. The van der Waals surface area contributed by atoms with E-state index in [0.29, 0.717) is 11.0 Å². The van der Waals surface area contributed by atoms with Crippen molar-refractivity contribution in [3.05, 3.63) is 34.5 Å². The Morgan fingerprint density at radius 2 is 2.27 bits per heavy atom. The molecule has 2 aromatic heterocycles. The standard InChI is InChI=1S/C14H17ClN6O/c1-8-17-12(15)6-13(18-8)21-4-2-3-9(7-21)10-5-11(14(16)22)20-19-10/h5-6,9H,2-4,7H2,1H3,(H2,16,22)(H,19,20)/t9-/m1/s1. The Labute approximate surface area is 132 Å². The molecule has 7 nitrogen and oxygen atoms in total. The zero-order valence-corrected chi connectivity index (χ0v) is 13.0. The van der Waals surface area contributed by atoms with Gasteiger partial charge in [0.2, 0.25) is 0 Å². The number of aromatic nitrogens is 4. The van der Waals surface area contributed by atoms with Gasteiger partial charge in [-0.2, -0.15) is 5.10 Å². The maximum Gasteiger partial charge on any atom is 0.269 e. The van der Waals surface area contributed by atoms with Gasteiger partial charge >= 0.3 is 0 Å². The monoisotopic (exact) mass is 320 g/mol. The van der Waals surface area contributed by atoms with Crippen LogP contribution in [0.5, 0.6) is 0 Å². The van der Waals surface area contributed by atoms with Crippen LogP contribution >= 0.6 is 11.6 Å². The Hall–Kier alpha value is -2.15. The van der Waals surface area contributed by atoms with Crippen LogP contribution in [-0.4, -0.2) is 39.2 Å². The molecule has 0 radical (unpaired) electrons. The van der Waals surface area contributed by atoms with Crippen molar-refractivity contribution in [3.63, 3.8) is 0 Å². The topological polar surface area (TPSA) is 101 Å². The first kappa shape index (κ1) is 14.8. The van der Waals surface area contributed by atoms with Crippen LogP contribution in [0.1, 0.15) is 40.8 Å². The van der Waals surface area contributed by atoms with E-state index >= 15 is 0 Å². The molecule has 3 heterocycles. The number of nitrogens with one attached hydrogen (secondary N) is 1. The molecule has 0 aliphatic carbocycles. The number of amides is 1. The number of hydrogen-bond donors (Lipinski definition) is 2. The van der Waals surface area contributed by atoms with E-state index in [-0.39, 0.29) is 11.6 Å². The maximum atomic E-state index is 11.2. The summed E-state index contributed by atoms with van der Waals surface area (Å²) in [6.07, 6.45) is 2.05. The quantitative estimate of drug-likeness (QED) is 0.837. The second-order valence-electron chi connectivity index (χ2n) is 5.45. The van der Waals surface area contributed by atoms with E-state index in [4.69, 9.17) is 17.3 Å². The lowest BCUT2D eigenvalue weighted by molar-refractivity contribution is 0.0995. The van der Waals surface area contributed by atoms with Crippen molar-refractivity contribution in [3.8, 4) is 0 Å². The van der Waals surface area contributed by atoms with E-state index < -0.39 is 5.91 Å². The van der Waals surface area contributed by atoms with Crippen LogP contribution in [0.3, 0.4) is 0 Å². The number of nitrogens with zero attached hydrogens (tertiary/aromatic N) is 4. The normalized spacial score (nSPS) is 18.5. The minimum absolute atomic E-state index is 0.253. The molecule has 1 saturated heterocycles. The van der Waals surface area contributed by atoms with Crippen LogP contribution in [0.2, 0.25) is 5.15 Å². The average molecular weight is 321 g/mol. The van der Waals surface area contributed by atoms with Gasteiger partial charge in [-0.3, -0.25) is 9.89 Å². The summed E-state index contributed by atoms with van der Waals surface area (Å²) >= 11 is 6.02. The number of nitrogens with two attached hydrogens (primary N) is 1. The first-order valence-electron chi connectivity index (χ1n) is 7.14. The molecule has 22 heavy (non-hydrogen) atoms. The van der Waals surface area contributed by atoms with Crippen LogP contribution in [0.25, 0.3) is 0 Å². The molecule has 2 aromatic rings. The lowest BCUT2D eigenvalue weighted by Crippen LogP contribution is -2.35. The lowest BCUT2D eigenvalue weighted by atomic mass is 9.94. The molecule has 1 aliphatic heterocycles. The second kappa shape index (κ2) is 5.92. The van der Waals surface area contributed by atoms with Gasteiger partial charge in [0.05, 0.1) is 0 Å². The highest BCUT2D eigenvalue weighted by Gasteiger charge is 2.24. The highest BCUT2D eigenvalue weighted by Crippen LogP contribution is 2.29. The van der Waals surface area contributed by atoms with Gasteiger partial charge in [0.1, 0.15) is 22.5 Å². The number of halogens is 1. The summed E-state index contributed by atoms with van der Waals surface area (Å²) < 4.78 is 0. The first-order chi connectivity index (χ1) is 10.5. The molecule has 1 fully saturated rings. The fraction of sp³-hybridized carbons (Fsp3) is 0.429. The molecule has 0 spiro atoms. The van der Waals surface area contributed by atoms with Crippen molar-refractivity contribution in [2.75, 3.05) is 18.0 Å². The molecule has 0 bridgehead atoms. The molecule has 1 amide bonds. The van der Waals surface area contributed by atoms with Crippen LogP contribution in [0.15, 0.2) is 12.1 Å². The van der Waals surface area contributed by atoms with E-state index in [2.05, 4.69) is 25.1 Å². The summed E-state index contributed by atoms with van der Waals surface area (Å²) in [5, 5.41) is 7.31. The summed E-state index contributed by atoms with van der Waals surface area (Å²) in [6, 6.07) is 3.51. The number of hydrogen-bond acceptors (Lipinski definition) is 5. The zero-order chi connectivity index (χ0) is 15.7. The maximum absolute atomic E-state index is 11.2. The first-order valence-corrected chi connectivity index (χ1v) is 7.52. The van der Waals surface area contributed by atoms with Gasteiger partial charge in [-0.15, -0.1) is 0 Å². The number of carbonyl (C=O) groups is 1. The van der Waals surface area contributed by atoms with Crippen molar-refractivity contribution in [1.82, 2.24) is 20.2 Å². The number of carbonyl (C=O) groups excluding carboxylic acids is 1. The predicted molar refractivity (Wildman–Crippen MR) is 83.1 cm³/mol. The third-order valence-corrected chi connectivity index (χ3v) is 4.02. The minimum atomic E-state index is -0.520. The fourth-order valence-electron chi connectivity index (χ4n) is 2.79. The number of aryl methyl sites for hydroxylation is 1. The molecule has 3 N–H and O–H groups in total. The number of primary amides is 1. The average Bonchev–Trinajstić information content (AvgIpc) is 2.96. The van der Waals surface area contributed by atoms with E-state index in [1.165, 1.54) is 0 Å². The molecular weight excluding hydrogens is 304 g/mol. The molecule has 116 valence electrons. The predicted octanol–water partition coefficient (Wildman–Crippen LogP) is 1.64. The molecule has 0 saturated carbocycles. The van der Waals surface area contributed by atoms with Crippen LogP contribution in [0, 0.1) is 6.92 Å². The molecular formula is C14H17ClN6O. The summed E-state index contributed by atoms with van der Waals surface area (Å²) in [6.45, 7) is 3.53. The van der Waals surface area contributed by atoms with Gasteiger partial charge in [0.15, 0.2) is 0 Å². The minimum Gasteiger partial charge on any atom is -0.364 e. The molecule has 8 heteroatoms. The molecule has 0 aromatic carbocycles. The van der Waals surface area contributed by atoms with Crippen molar-refractivity contribution in [2.45, 2.75) is 25.7 Å². The number of aromatic amines is 1. The largest absolute Gasteiger partial charge is 0.364 e. The van der Waals surface area contributed by atoms with E-state index in [9.17, 15) is 4.79 Å². The molecule has 3 rings (SSSR count). The van der Waals surface area contributed by atoms with Crippen molar-refractivity contribution >= 4 is 23.3 Å². The summed E-state index contributed by atoms with van der Waals surface area (Å²) in [7, 11) is 0. The SMILES string of the molecule is Cc1nc(Cl)cc(N2CCC[C@@H](c3cc(C(N)=O)n[nH]3)C2)n1. The second-order valence-corrected chi connectivity index (χ2v) is 5.84. The summed E-state index contributed by atoms with van der Waals surface area (Å²) in [5.41, 5.74) is 6.44. The molecule has 1 atom stereocenters. The van der Waals surface area contributed by atoms with Gasteiger partial charge < -0.3 is 10.6 Å². The lowest BCUT2D eigenvalue weighted by Gasteiger charge is -2.33. The number of anilines is 1. The Bertz CT molecular complexity index is 680. The zero-order valence-electron chi connectivity index (χ0n) is 12.2. The van der Waals surface area contributed by atoms with Gasteiger partial charge in [0.25, 0.3) is 5.91 Å². The number of piperidine rings is 1. The molecule has 0 unspecified atom stereocenters. The Balaban J connectivity index is 1.80. The highest BCUT2D eigenvalue weighted by molar-refractivity contribution is 6.29. The van der Waals surface area contributed by atoms with E-state index in [0.717, 1.165) is 37.4 Å². The van der Waals surface area contributed by atoms with Crippen LogP contribution in [0.4, 0.5) is 5.82 Å². The molecule has 1 aliphatic rings. The van der Waals surface area contributed by atoms with Gasteiger partial charge in [0, 0.05) is 30.8 Å².